The molecule has 1 aliphatic heterocycles. The number of nitrogens with zero attached hydrogens (tertiary/aromatic N) is 1. The molecule has 1 aliphatic carbocycles. The van der Waals surface area contributed by atoms with Crippen molar-refractivity contribution in [1.82, 2.24) is 10.2 Å². The van der Waals surface area contributed by atoms with Crippen LogP contribution in [0, 0.1) is 5.41 Å². The first-order chi connectivity index (χ1) is 9.31. The summed E-state index contributed by atoms with van der Waals surface area (Å²) in [4.78, 5) is 4.33. The summed E-state index contributed by atoms with van der Waals surface area (Å²) in [6, 6.07) is 2.33. The molecule has 1 aromatic heterocycles. The Morgan fingerprint density at radius 1 is 1.32 bits per heavy atom. The Balaban J connectivity index is 1.66. The summed E-state index contributed by atoms with van der Waals surface area (Å²) in [7, 11) is 2.11. The molecular weight excluding hydrogens is 252 g/mol. The highest BCUT2D eigenvalue weighted by Crippen LogP contribution is 2.37. The van der Waals surface area contributed by atoms with E-state index in [4.69, 9.17) is 0 Å². The van der Waals surface area contributed by atoms with Gasteiger partial charge >= 0.3 is 0 Å². The minimum atomic E-state index is 0.542. The van der Waals surface area contributed by atoms with Crippen molar-refractivity contribution in [3.05, 3.63) is 21.9 Å². The molecule has 1 fully saturated rings. The van der Waals surface area contributed by atoms with Gasteiger partial charge in [-0.05, 0) is 48.7 Å². The number of hydrogen-bond acceptors (Lipinski definition) is 3. The summed E-state index contributed by atoms with van der Waals surface area (Å²) in [6.45, 7) is 4.94. The lowest BCUT2D eigenvalue weighted by Gasteiger charge is -2.42. The number of fused-ring (bicyclic) bond motifs is 1. The molecule has 0 saturated heterocycles. The molecule has 106 valence electrons. The van der Waals surface area contributed by atoms with Crippen LogP contribution in [0.4, 0.5) is 0 Å². The van der Waals surface area contributed by atoms with Crippen molar-refractivity contribution in [3.8, 4) is 0 Å². The van der Waals surface area contributed by atoms with Crippen LogP contribution >= 0.6 is 11.3 Å². The molecule has 2 heterocycles. The summed E-state index contributed by atoms with van der Waals surface area (Å²) >= 11 is 1.94. The Morgan fingerprint density at radius 2 is 2.16 bits per heavy atom. The van der Waals surface area contributed by atoms with Gasteiger partial charge in [0, 0.05) is 31.1 Å². The SMILES string of the molecule is CNCC1(CN2CCc3sccc3C2)CCCCC1. The van der Waals surface area contributed by atoms with Gasteiger partial charge in [0.15, 0.2) is 0 Å². The maximum Gasteiger partial charge on any atom is 0.0245 e. The Bertz CT molecular complexity index is 401. The Labute approximate surface area is 121 Å². The standard InChI is InChI=1S/C16H26N2S/c1-17-12-16(7-3-2-4-8-16)13-18-9-5-15-14(11-18)6-10-19-15/h6,10,17H,2-5,7-9,11-13H2,1H3. The normalized spacial score (nSPS) is 23.2. The highest BCUT2D eigenvalue weighted by molar-refractivity contribution is 7.10. The number of nitrogens with one attached hydrogen (secondary N) is 1. The fourth-order valence-electron chi connectivity index (χ4n) is 3.98. The summed E-state index contributed by atoms with van der Waals surface area (Å²) in [6.07, 6.45) is 8.41. The maximum atomic E-state index is 3.46. The first-order valence-corrected chi connectivity index (χ1v) is 8.62. The minimum absolute atomic E-state index is 0.542. The van der Waals surface area contributed by atoms with Crippen LogP contribution in [0.2, 0.25) is 0 Å². The topological polar surface area (TPSA) is 15.3 Å². The Kier molecular flexibility index (Phi) is 4.25. The van der Waals surface area contributed by atoms with Gasteiger partial charge in [0.1, 0.15) is 0 Å². The molecule has 3 rings (SSSR count). The van der Waals surface area contributed by atoms with E-state index in [-0.39, 0.29) is 0 Å². The van der Waals surface area contributed by atoms with Crippen molar-refractivity contribution in [2.24, 2.45) is 5.41 Å². The summed E-state index contributed by atoms with van der Waals surface area (Å²) in [5.41, 5.74) is 2.13. The van der Waals surface area contributed by atoms with Crippen LogP contribution in [-0.4, -0.2) is 31.6 Å². The first kappa shape index (κ1) is 13.6. The van der Waals surface area contributed by atoms with Gasteiger partial charge in [-0.1, -0.05) is 19.3 Å². The van der Waals surface area contributed by atoms with E-state index >= 15 is 0 Å². The average molecular weight is 278 g/mol. The van der Waals surface area contributed by atoms with Gasteiger partial charge < -0.3 is 5.32 Å². The zero-order valence-corrected chi connectivity index (χ0v) is 12.9. The lowest BCUT2D eigenvalue weighted by atomic mass is 9.73. The van der Waals surface area contributed by atoms with E-state index in [0.717, 1.165) is 0 Å². The van der Waals surface area contributed by atoms with Gasteiger partial charge in [-0.15, -0.1) is 11.3 Å². The molecule has 0 atom stereocenters. The number of rotatable bonds is 4. The van der Waals surface area contributed by atoms with E-state index in [1.165, 1.54) is 64.7 Å². The van der Waals surface area contributed by atoms with E-state index in [2.05, 4.69) is 28.7 Å². The zero-order chi connectivity index (χ0) is 13.1. The second-order valence-corrected chi connectivity index (χ2v) is 7.42. The highest BCUT2D eigenvalue weighted by Gasteiger charge is 2.34. The molecule has 0 amide bonds. The van der Waals surface area contributed by atoms with Crippen molar-refractivity contribution in [2.45, 2.75) is 45.1 Å². The predicted molar refractivity (Wildman–Crippen MR) is 82.7 cm³/mol. The molecule has 2 nitrogen and oxygen atoms in total. The van der Waals surface area contributed by atoms with Gasteiger partial charge in [-0.3, -0.25) is 4.90 Å². The second kappa shape index (κ2) is 5.94. The van der Waals surface area contributed by atoms with Crippen LogP contribution in [0.15, 0.2) is 11.4 Å². The fourth-order valence-corrected chi connectivity index (χ4v) is 4.87. The lowest BCUT2D eigenvalue weighted by molar-refractivity contribution is 0.0966. The van der Waals surface area contributed by atoms with Crippen molar-refractivity contribution in [3.63, 3.8) is 0 Å². The van der Waals surface area contributed by atoms with Crippen LogP contribution in [0.25, 0.3) is 0 Å². The molecule has 0 aromatic carbocycles. The Hall–Kier alpha value is -0.380. The average Bonchev–Trinajstić information content (AvgIpc) is 2.87. The predicted octanol–water partition coefficient (Wildman–Crippen LogP) is 3.28. The van der Waals surface area contributed by atoms with E-state index in [9.17, 15) is 0 Å². The van der Waals surface area contributed by atoms with E-state index in [1.54, 1.807) is 10.4 Å². The molecular formula is C16H26N2S. The molecule has 1 saturated carbocycles. The quantitative estimate of drug-likeness (QED) is 0.909. The number of thiophene rings is 1. The molecule has 3 heteroatoms. The summed E-state index contributed by atoms with van der Waals surface area (Å²) in [5.74, 6) is 0. The van der Waals surface area contributed by atoms with Crippen LogP contribution in [0.1, 0.15) is 42.5 Å². The molecule has 0 unspecified atom stereocenters. The van der Waals surface area contributed by atoms with Crippen molar-refractivity contribution in [1.29, 1.82) is 0 Å². The molecule has 1 N–H and O–H groups in total. The first-order valence-electron chi connectivity index (χ1n) is 7.74. The van der Waals surface area contributed by atoms with Gasteiger partial charge in [-0.2, -0.15) is 0 Å². The van der Waals surface area contributed by atoms with Crippen LogP contribution in [-0.2, 0) is 13.0 Å². The van der Waals surface area contributed by atoms with Gasteiger partial charge in [-0.25, -0.2) is 0 Å². The third-order valence-corrected chi connectivity index (χ3v) is 5.93. The molecule has 2 aliphatic rings. The van der Waals surface area contributed by atoms with Crippen molar-refractivity contribution >= 4 is 11.3 Å². The fraction of sp³-hybridized carbons (Fsp3) is 0.750. The molecule has 0 bridgehead atoms. The zero-order valence-electron chi connectivity index (χ0n) is 12.1. The minimum Gasteiger partial charge on any atom is -0.319 e. The van der Waals surface area contributed by atoms with Crippen molar-refractivity contribution < 1.29 is 0 Å². The van der Waals surface area contributed by atoms with Crippen LogP contribution in [0.3, 0.4) is 0 Å². The largest absolute Gasteiger partial charge is 0.319 e. The molecule has 19 heavy (non-hydrogen) atoms. The van der Waals surface area contributed by atoms with E-state index in [1.807, 2.05) is 11.3 Å². The second-order valence-electron chi connectivity index (χ2n) is 6.42. The van der Waals surface area contributed by atoms with E-state index in [0.29, 0.717) is 5.41 Å². The molecule has 0 radical (unpaired) electrons. The van der Waals surface area contributed by atoms with Gasteiger partial charge in [0.05, 0.1) is 0 Å². The smallest absolute Gasteiger partial charge is 0.0245 e. The third-order valence-electron chi connectivity index (χ3n) is 4.91. The molecule has 0 spiro atoms. The van der Waals surface area contributed by atoms with Gasteiger partial charge in [0.2, 0.25) is 0 Å². The maximum absolute atomic E-state index is 3.46. The lowest BCUT2D eigenvalue weighted by Crippen LogP contribution is -2.46. The van der Waals surface area contributed by atoms with Crippen molar-refractivity contribution in [2.75, 3.05) is 26.7 Å². The summed E-state index contributed by atoms with van der Waals surface area (Å²) < 4.78 is 0. The Morgan fingerprint density at radius 3 is 2.95 bits per heavy atom. The summed E-state index contributed by atoms with van der Waals surface area (Å²) in [5, 5.41) is 5.72. The van der Waals surface area contributed by atoms with Crippen LogP contribution in [0.5, 0.6) is 0 Å². The monoisotopic (exact) mass is 278 g/mol. The van der Waals surface area contributed by atoms with Crippen LogP contribution < -0.4 is 5.32 Å². The highest BCUT2D eigenvalue weighted by atomic mass is 32.1. The number of hydrogen-bond donors (Lipinski definition) is 1. The third kappa shape index (κ3) is 3.04. The van der Waals surface area contributed by atoms with E-state index < -0.39 is 0 Å². The van der Waals surface area contributed by atoms with Gasteiger partial charge in [0.25, 0.3) is 0 Å². The molecule has 1 aromatic rings.